The summed E-state index contributed by atoms with van der Waals surface area (Å²) in [4.78, 5) is 120. The van der Waals surface area contributed by atoms with Crippen LogP contribution in [0.25, 0.3) is 0 Å². The summed E-state index contributed by atoms with van der Waals surface area (Å²) in [6, 6.07) is 12.4. The second kappa shape index (κ2) is 32.9. The maximum absolute atomic E-state index is 14.2. The Morgan fingerprint density at radius 3 is 0.988 bits per heavy atom. The number of hydrogen-bond acceptors (Lipinski definition) is 17. The zero-order valence-corrected chi connectivity index (χ0v) is 45.8. The minimum Gasteiger partial charge on any atom is -0.496 e. The topological polar surface area (TPSA) is 425 Å². The number of ether oxygens (including phenoxy) is 4. The summed E-state index contributed by atoms with van der Waals surface area (Å²) in [5.41, 5.74) is 29.1. The molecule has 0 aliphatic rings. The molecule has 0 radical (unpaired) electrons. The molecule has 0 heterocycles. The predicted molar refractivity (Wildman–Crippen MR) is 302 cm³/mol. The number of methoxy groups -OCH3 is 4. The van der Waals surface area contributed by atoms with Gasteiger partial charge in [-0.25, -0.2) is 0 Å². The van der Waals surface area contributed by atoms with E-state index >= 15 is 0 Å². The van der Waals surface area contributed by atoms with E-state index in [9.17, 15) is 43.2 Å². The summed E-state index contributed by atoms with van der Waals surface area (Å²) in [5, 5.41) is 28.0. The molecule has 8 amide bonds. The van der Waals surface area contributed by atoms with Gasteiger partial charge in [0.25, 0.3) is 23.6 Å². The van der Waals surface area contributed by atoms with Crippen LogP contribution in [0.5, 0.6) is 23.0 Å². The predicted octanol–water partition coefficient (Wildman–Crippen LogP) is 2.55. The van der Waals surface area contributed by atoms with Crippen molar-refractivity contribution >= 4 is 76.0 Å². The van der Waals surface area contributed by atoms with Crippen molar-refractivity contribution in [1.29, 1.82) is 0 Å². The highest BCUT2D eigenvalue weighted by atomic mass is 16.5. The third-order valence-corrected chi connectivity index (χ3v) is 12.6. The van der Waals surface area contributed by atoms with Gasteiger partial charge in [-0.3, -0.25) is 43.2 Å². The summed E-state index contributed by atoms with van der Waals surface area (Å²) in [7, 11) is 5.36. The van der Waals surface area contributed by atoms with E-state index < -0.39 is 77.4 Å². The Bertz CT molecular complexity index is 2870. The summed E-state index contributed by atoms with van der Waals surface area (Å²) >= 11 is 0. The molecule has 81 heavy (non-hydrogen) atoms. The van der Waals surface area contributed by atoms with Crippen LogP contribution in [0.2, 0.25) is 0 Å². The molecule has 0 aliphatic heterocycles. The molecule has 0 fully saturated rings. The number of benzene rings is 4. The van der Waals surface area contributed by atoms with Crippen molar-refractivity contribution in [1.82, 2.24) is 16.0 Å². The van der Waals surface area contributed by atoms with Crippen molar-refractivity contribution in [3.8, 4) is 23.0 Å². The number of carboxylic acids is 1. The van der Waals surface area contributed by atoms with E-state index in [1.54, 1.807) is 0 Å². The number of hydrogen-bond donors (Lipinski definition) is 13. The first-order valence-electron chi connectivity index (χ1n) is 26.1. The lowest BCUT2D eigenvalue weighted by atomic mass is 10.1. The average molecular weight is 1130 g/mol. The number of unbranched alkanes of at least 4 members (excludes halogenated alkanes) is 3. The Morgan fingerprint density at radius 2 is 0.716 bits per heavy atom. The monoisotopic (exact) mass is 1130 g/mol. The Hall–Kier alpha value is -8.85. The minimum absolute atomic E-state index is 0.0277. The highest BCUT2D eigenvalue weighted by Gasteiger charge is 2.29. The van der Waals surface area contributed by atoms with Crippen LogP contribution in [0, 0.1) is 0 Å². The highest BCUT2D eigenvalue weighted by molar-refractivity contribution is 6.07. The molecule has 4 aromatic carbocycles. The molecule has 26 nitrogen and oxygen atoms in total. The van der Waals surface area contributed by atoms with Gasteiger partial charge < -0.3 is 89.9 Å². The number of nitrogens with two attached hydrogens (primary N) is 5. The van der Waals surface area contributed by atoms with Gasteiger partial charge in [-0.2, -0.15) is 0 Å². The van der Waals surface area contributed by atoms with Gasteiger partial charge in [-0.1, -0.05) is 0 Å². The Labute approximate surface area is 468 Å². The Balaban J connectivity index is 1.55. The standard InChI is InChI=1S/C55H74N12O14/c1-78-43-19-14-31(27-35(43)48(60)70)62-53(75)40(11-5-8-24-56)65-50(72)37-29-33(16-21-45(37)80-3)64-55(77)42(13-7-10-26-58)67-51(73)38-30-34(17-22-46(38)81-4)63-54(76)41(12-6-9-25-57)66-49(71)36-28-32(15-20-44(36)79-2)61-52(74)39(59)18-23-47(68)69/h14-17,19-22,27-30,39-42H,5-13,18,23-26,56-59H2,1-4H3,(H2,60,70)(H,61,74)(H,62,75)(H,63,76)(H,64,77)(H,65,72)(H,66,71)(H,67,73)(H,68,69). The number of nitrogens with one attached hydrogen (secondary N) is 7. The molecule has 4 atom stereocenters. The zero-order chi connectivity index (χ0) is 59.6. The quantitative estimate of drug-likeness (QED) is 0.0299. The number of rotatable bonds is 34. The number of aliphatic carboxylic acids is 1. The fraction of sp³-hybridized carbons (Fsp3) is 0.400. The fourth-order valence-electron chi connectivity index (χ4n) is 8.19. The lowest BCUT2D eigenvalue weighted by molar-refractivity contribution is -0.137. The molecular formula is C55H74N12O14. The van der Waals surface area contributed by atoms with Crippen LogP contribution >= 0.6 is 0 Å². The van der Waals surface area contributed by atoms with Crippen molar-refractivity contribution in [3.63, 3.8) is 0 Å². The first kappa shape index (κ1) is 64.7. The molecule has 0 saturated heterocycles. The largest absolute Gasteiger partial charge is 0.496 e. The first-order valence-corrected chi connectivity index (χ1v) is 26.1. The van der Waals surface area contributed by atoms with Crippen molar-refractivity contribution in [2.24, 2.45) is 28.7 Å². The molecular weight excluding hydrogens is 1050 g/mol. The fourth-order valence-corrected chi connectivity index (χ4v) is 8.19. The smallest absolute Gasteiger partial charge is 0.303 e. The van der Waals surface area contributed by atoms with Crippen molar-refractivity contribution in [2.45, 2.75) is 94.8 Å². The number of primary amides is 1. The van der Waals surface area contributed by atoms with Crippen LogP contribution in [0.4, 0.5) is 22.7 Å². The van der Waals surface area contributed by atoms with E-state index in [1.165, 1.54) is 101 Å². The third-order valence-electron chi connectivity index (χ3n) is 12.6. The van der Waals surface area contributed by atoms with Gasteiger partial charge in [-0.15, -0.1) is 0 Å². The number of carbonyl (C=O) groups is 9. The van der Waals surface area contributed by atoms with Crippen LogP contribution < -0.4 is 84.8 Å². The van der Waals surface area contributed by atoms with Gasteiger partial charge in [0.15, 0.2) is 0 Å². The van der Waals surface area contributed by atoms with E-state index in [2.05, 4.69) is 37.2 Å². The first-order chi connectivity index (χ1) is 38.8. The van der Waals surface area contributed by atoms with E-state index in [-0.39, 0.29) is 100 Å². The van der Waals surface area contributed by atoms with Gasteiger partial charge >= 0.3 is 5.97 Å². The van der Waals surface area contributed by atoms with E-state index in [0.29, 0.717) is 58.2 Å². The number of amides is 8. The van der Waals surface area contributed by atoms with Gasteiger partial charge in [0.05, 0.1) is 56.7 Å². The molecule has 438 valence electrons. The highest BCUT2D eigenvalue weighted by Crippen LogP contribution is 2.28. The minimum atomic E-state index is -1.19. The molecule has 0 saturated carbocycles. The Kier molecular flexibility index (Phi) is 26.3. The van der Waals surface area contributed by atoms with Gasteiger partial charge in [-0.05, 0) is 157 Å². The molecule has 0 spiro atoms. The molecule has 4 aromatic rings. The molecule has 0 aromatic heterocycles. The van der Waals surface area contributed by atoms with E-state index in [1.807, 2.05) is 0 Å². The van der Waals surface area contributed by atoms with Gasteiger partial charge in [0.1, 0.15) is 41.1 Å². The molecule has 0 aliphatic carbocycles. The lowest BCUT2D eigenvalue weighted by Crippen LogP contribution is -2.44. The van der Waals surface area contributed by atoms with Crippen molar-refractivity contribution in [2.75, 3.05) is 69.3 Å². The van der Waals surface area contributed by atoms with Crippen molar-refractivity contribution in [3.05, 3.63) is 95.1 Å². The van der Waals surface area contributed by atoms with Crippen LogP contribution in [-0.4, -0.2) is 131 Å². The summed E-state index contributed by atoms with van der Waals surface area (Å²) in [6.45, 7) is 0.943. The zero-order valence-electron chi connectivity index (χ0n) is 45.8. The lowest BCUT2D eigenvalue weighted by Gasteiger charge is -2.22. The molecule has 18 N–H and O–H groups in total. The molecule has 0 bridgehead atoms. The Morgan fingerprint density at radius 1 is 0.432 bits per heavy atom. The van der Waals surface area contributed by atoms with E-state index in [0.717, 1.165) is 0 Å². The van der Waals surface area contributed by atoms with Gasteiger partial charge in [0.2, 0.25) is 23.6 Å². The summed E-state index contributed by atoms with van der Waals surface area (Å²) < 4.78 is 21.6. The molecule has 4 rings (SSSR count). The molecule has 26 heteroatoms. The maximum atomic E-state index is 14.2. The maximum Gasteiger partial charge on any atom is 0.303 e. The number of carbonyl (C=O) groups excluding carboxylic acids is 8. The number of carboxylic acid groups (broad SMARTS) is 1. The molecule has 4 unspecified atom stereocenters. The third kappa shape index (κ3) is 19.8. The van der Waals surface area contributed by atoms with Crippen LogP contribution in [0.15, 0.2) is 72.8 Å². The van der Waals surface area contributed by atoms with Crippen LogP contribution in [0.1, 0.15) is 112 Å². The SMILES string of the molecule is COc1ccc(NC(=O)C(CCCCN)NC(=O)c2cc(NC(=O)C(CCCCN)NC(=O)c3cc(NC(=O)C(CCCCN)NC(=O)c4cc(NC(=O)C(N)CCC(=O)O)ccc4OC)ccc3OC)ccc2OC)cc1C(N)=O. The van der Waals surface area contributed by atoms with E-state index in [4.69, 9.17) is 52.7 Å². The second-order valence-electron chi connectivity index (χ2n) is 18.5. The van der Waals surface area contributed by atoms with Crippen LogP contribution in [0.3, 0.4) is 0 Å². The number of anilines is 4. The summed E-state index contributed by atoms with van der Waals surface area (Å²) in [5.74, 6) is -6.27. The summed E-state index contributed by atoms with van der Waals surface area (Å²) in [6.07, 6.45) is 2.85. The second-order valence-corrected chi connectivity index (χ2v) is 18.5. The van der Waals surface area contributed by atoms with Gasteiger partial charge in [0, 0.05) is 29.2 Å². The normalized spacial score (nSPS) is 12.2. The van der Waals surface area contributed by atoms with Crippen molar-refractivity contribution < 1.29 is 67.2 Å². The average Bonchev–Trinajstić information content (AvgIpc) is 3.52. The van der Waals surface area contributed by atoms with Crippen LogP contribution in [-0.2, 0) is 24.0 Å².